The molecule has 0 amide bonds. The lowest BCUT2D eigenvalue weighted by Crippen LogP contribution is -2.33. The predicted octanol–water partition coefficient (Wildman–Crippen LogP) is 2.27. The third-order valence-electron chi connectivity index (χ3n) is 3.13. The zero-order chi connectivity index (χ0) is 15.2. The minimum atomic E-state index is -3.34. The second-order valence-electron chi connectivity index (χ2n) is 4.62. The first-order valence-corrected chi connectivity index (χ1v) is 8.79. The highest BCUT2D eigenvalue weighted by Gasteiger charge is 2.22. The van der Waals surface area contributed by atoms with E-state index in [1.165, 1.54) is 4.31 Å². The fourth-order valence-corrected chi connectivity index (χ4v) is 3.83. The Hall–Kier alpha value is -0.980. The Morgan fingerprint density at radius 3 is 2.50 bits per heavy atom. The van der Waals surface area contributed by atoms with E-state index in [9.17, 15) is 8.42 Å². The molecule has 0 aromatic heterocycles. The van der Waals surface area contributed by atoms with Gasteiger partial charge in [0.05, 0.1) is 5.75 Å². The van der Waals surface area contributed by atoms with Crippen molar-refractivity contribution in [2.45, 2.75) is 32.4 Å². The lowest BCUT2D eigenvalue weighted by atomic mass is 10.1. The number of sulfonamides is 1. The maximum absolute atomic E-state index is 12.5. The van der Waals surface area contributed by atoms with E-state index in [1.807, 2.05) is 13.8 Å². The zero-order valence-corrected chi connectivity index (χ0v) is 13.6. The Balaban J connectivity index is 2.98. The van der Waals surface area contributed by atoms with Gasteiger partial charge < -0.3 is 5.73 Å². The lowest BCUT2D eigenvalue weighted by molar-refractivity contribution is 0.418. The minimum Gasteiger partial charge on any atom is -0.389 e. The summed E-state index contributed by atoms with van der Waals surface area (Å²) in [5.41, 5.74) is 6.94. The highest BCUT2D eigenvalue weighted by molar-refractivity contribution is 7.88. The second-order valence-corrected chi connectivity index (χ2v) is 7.03. The lowest BCUT2D eigenvalue weighted by Gasteiger charge is -2.21. The SMILES string of the molecule is CCCCN(CC)S(=O)(=O)Cc1ccccc1C(N)=S. The molecule has 6 heteroatoms. The normalized spacial score (nSPS) is 11.8. The van der Waals surface area contributed by atoms with Crippen molar-refractivity contribution in [2.75, 3.05) is 13.1 Å². The number of nitrogens with two attached hydrogens (primary N) is 1. The van der Waals surface area contributed by atoms with E-state index < -0.39 is 10.0 Å². The van der Waals surface area contributed by atoms with Gasteiger partial charge in [0.15, 0.2) is 0 Å². The first-order valence-electron chi connectivity index (χ1n) is 6.77. The molecule has 20 heavy (non-hydrogen) atoms. The van der Waals surface area contributed by atoms with Crippen molar-refractivity contribution in [3.05, 3.63) is 35.4 Å². The molecule has 112 valence electrons. The van der Waals surface area contributed by atoms with Crippen LogP contribution in [0.25, 0.3) is 0 Å². The van der Waals surface area contributed by atoms with E-state index in [4.69, 9.17) is 18.0 Å². The van der Waals surface area contributed by atoms with Crippen molar-refractivity contribution in [1.82, 2.24) is 4.31 Å². The van der Waals surface area contributed by atoms with Crippen LogP contribution in [0.3, 0.4) is 0 Å². The molecule has 1 aromatic rings. The molecule has 0 heterocycles. The molecule has 0 aliphatic rings. The summed E-state index contributed by atoms with van der Waals surface area (Å²) in [6.45, 7) is 4.94. The van der Waals surface area contributed by atoms with E-state index in [-0.39, 0.29) is 10.7 Å². The Bertz CT molecular complexity index is 556. The maximum atomic E-state index is 12.5. The van der Waals surface area contributed by atoms with E-state index in [0.717, 1.165) is 12.8 Å². The number of nitrogens with zero attached hydrogens (tertiary/aromatic N) is 1. The molecular formula is C14H22N2O2S2. The van der Waals surface area contributed by atoms with Crippen LogP contribution in [-0.2, 0) is 15.8 Å². The van der Waals surface area contributed by atoms with Crippen molar-refractivity contribution in [3.63, 3.8) is 0 Å². The highest BCUT2D eigenvalue weighted by Crippen LogP contribution is 2.16. The fraction of sp³-hybridized carbons (Fsp3) is 0.500. The van der Waals surface area contributed by atoms with Crippen LogP contribution < -0.4 is 5.73 Å². The van der Waals surface area contributed by atoms with E-state index >= 15 is 0 Å². The van der Waals surface area contributed by atoms with Gasteiger partial charge in [-0.2, -0.15) is 0 Å². The second kappa shape index (κ2) is 7.71. The number of benzene rings is 1. The minimum absolute atomic E-state index is 0.0575. The molecule has 0 saturated carbocycles. The molecule has 4 nitrogen and oxygen atoms in total. The van der Waals surface area contributed by atoms with Crippen LogP contribution in [0.2, 0.25) is 0 Å². The summed E-state index contributed by atoms with van der Waals surface area (Å²) in [5.74, 6) is -0.0575. The maximum Gasteiger partial charge on any atom is 0.218 e. The average Bonchev–Trinajstić information content (AvgIpc) is 2.39. The Morgan fingerprint density at radius 2 is 1.95 bits per heavy atom. The summed E-state index contributed by atoms with van der Waals surface area (Å²) in [7, 11) is -3.34. The first kappa shape index (κ1) is 17.1. The van der Waals surface area contributed by atoms with Crippen molar-refractivity contribution in [2.24, 2.45) is 5.73 Å². The fourth-order valence-electron chi connectivity index (χ4n) is 2.00. The van der Waals surface area contributed by atoms with Gasteiger partial charge in [-0.25, -0.2) is 12.7 Å². The molecule has 0 unspecified atom stereocenters. The van der Waals surface area contributed by atoms with E-state index in [0.29, 0.717) is 24.2 Å². The Morgan fingerprint density at radius 1 is 1.30 bits per heavy atom. The molecule has 0 saturated heterocycles. The molecule has 0 radical (unpaired) electrons. The highest BCUT2D eigenvalue weighted by atomic mass is 32.2. The van der Waals surface area contributed by atoms with E-state index in [2.05, 4.69) is 0 Å². The van der Waals surface area contributed by atoms with Gasteiger partial charge in [0.25, 0.3) is 0 Å². The topological polar surface area (TPSA) is 63.4 Å². The summed E-state index contributed by atoms with van der Waals surface area (Å²) in [6, 6.07) is 7.13. The number of thiocarbonyl (C=S) groups is 1. The largest absolute Gasteiger partial charge is 0.389 e. The van der Waals surface area contributed by atoms with Gasteiger partial charge in [0, 0.05) is 18.7 Å². The van der Waals surface area contributed by atoms with Gasteiger partial charge in [0.1, 0.15) is 4.99 Å². The van der Waals surface area contributed by atoms with Crippen LogP contribution in [0.15, 0.2) is 24.3 Å². The third-order valence-corrected chi connectivity index (χ3v) is 5.25. The van der Waals surface area contributed by atoms with Gasteiger partial charge in [-0.05, 0) is 12.0 Å². The monoisotopic (exact) mass is 314 g/mol. The van der Waals surface area contributed by atoms with Gasteiger partial charge in [-0.15, -0.1) is 0 Å². The number of unbranched alkanes of at least 4 members (excludes halogenated alkanes) is 1. The van der Waals surface area contributed by atoms with Crippen molar-refractivity contribution in [1.29, 1.82) is 0 Å². The van der Waals surface area contributed by atoms with Crippen molar-refractivity contribution < 1.29 is 8.42 Å². The average molecular weight is 314 g/mol. The molecule has 0 aliphatic carbocycles. The number of hydrogen-bond donors (Lipinski definition) is 1. The van der Waals surface area contributed by atoms with Crippen molar-refractivity contribution in [3.8, 4) is 0 Å². The number of rotatable bonds is 8. The third kappa shape index (κ3) is 4.54. The van der Waals surface area contributed by atoms with Crippen LogP contribution >= 0.6 is 12.2 Å². The molecule has 2 N–H and O–H groups in total. The van der Waals surface area contributed by atoms with Crippen LogP contribution in [0.1, 0.15) is 37.8 Å². The van der Waals surface area contributed by atoms with Crippen molar-refractivity contribution >= 4 is 27.2 Å². The summed E-state index contributed by atoms with van der Waals surface area (Å²) >= 11 is 4.97. The quantitative estimate of drug-likeness (QED) is 0.748. The Kier molecular flexibility index (Phi) is 6.58. The summed E-state index contributed by atoms with van der Waals surface area (Å²) in [5, 5.41) is 0. The summed E-state index contributed by atoms with van der Waals surface area (Å²) in [6.07, 6.45) is 1.83. The zero-order valence-electron chi connectivity index (χ0n) is 12.0. The molecule has 1 rings (SSSR count). The first-order chi connectivity index (χ1) is 9.42. The molecular weight excluding hydrogens is 292 g/mol. The predicted molar refractivity (Wildman–Crippen MR) is 87.1 cm³/mol. The summed E-state index contributed by atoms with van der Waals surface area (Å²) in [4.78, 5) is 0.229. The van der Waals surface area contributed by atoms with Crippen LogP contribution in [-0.4, -0.2) is 30.8 Å². The van der Waals surface area contributed by atoms with Crippen LogP contribution in [0.5, 0.6) is 0 Å². The smallest absolute Gasteiger partial charge is 0.218 e. The van der Waals surface area contributed by atoms with Crippen LogP contribution in [0.4, 0.5) is 0 Å². The van der Waals surface area contributed by atoms with Gasteiger partial charge in [-0.3, -0.25) is 0 Å². The van der Waals surface area contributed by atoms with E-state index in [1.54, 1.807) is 24.3 Å². The molecule has 0 fully saturated rings. The van der Waals surface area contributed by atoms with Gasteiger partial charge in [0.2, 0.25) is 10.0 Å². The number of hydrogen-bond acceptors (Lipinski definition) is 3. The molecule has 1 aromatic carbocycles. The standard InChI is InChI=1S/C14H22N2O2S2/c1-3-5-10-16(4-2)20(17,18)11-12-8-6-7-9-13(12)14(15)19/h6-9H,3-5,10-11H2,1-2H3,(H2,15,19). The molecule has 0 spiro atoms. The molecule has 0 bridgehead atoms. The molecule has 0 atom stereocenters. The van der Waals surface area contributed by atoms with Crippen LogP contribution in [0, 0.1) is 0 Å². The Labute approximate surface area is 127 Å². The van der Waals surface area contributed by atoms with Gasteiger partial charge in [-0.1, -0.05) is 56.8 Å². The summed E-state index contributed by atoms with van der Waals surface area (Å²) < 4.78 is 26.4. The molecule has 0 aliphatic heterocycles. The van der Waals surface area contributed by atoms with Gasteiger partial charge >= 0.3 is 0 Å².